The molecule has 302 valence electrons. The number of esters is 1. The smallest absolute Gasteiger partial charge is 0.354 e. The Bertz CT molecular complexity index is 2140. The van der Waals surface area contributed by atoms with Crippen LogP contribution in [0.3, 0.4) is 0 Å². The van der Waals surface area contributed by atoms with Gasteiger partial charge in [0, 0.05) is 49.1 Å². The Morgan fingerprint density at radius 1 is 0.911 bits per heavy atom. The molecule has 0 amide bonds. The zero-order valence-corrected chi connectivity index (χ0v) is 28.7. The Kier molecular flexibility index (Phi) is 10.9. The lowest BCUT2D eigenvalue weighted by molar-refractivity contribution is -0.393. The second-order valence-corrected chi connectivity index (χ2v) is 13.1. The summed E-state index contributed by atoms with van der Waals surface area (Å²) >= 11 is 0. The number of hydrogen-bond donors (Lipinski definition) is 12. The fraction of sp³-hybridized carbons (Fsp3) is 0.457. The highest BCUT2D eigenvalue weighted by molar-refractivity contribution is 5.87. The molecule has 12 N–H and O–H groups in total. The standard InChI is InChI=1S/C35H36O21/c36-6-2-8-51-26-24(42)27(44)33(4-1-5-34(31(46)47)35(49,50)28(45)25(43)29(56-34)54-32(33)48)55-30(26)52-16-11-17(38)22-18(39)13-20(53-21(22)12-16)15-9-14(3-7-37)23(41)19(40)10-15/h9-13,24-30,36-38,40-45,49-50H,2-4,6-8H2,(H,46,47)/t24-,25-,26-,27+,28-,29+,30-,33+,34+/m1/s1. The summed E-state index contributed by atoms with van der Waals surface area (Å²) in [5.41, 5.74) is -7.24. The number of aliphatic hydroxyl groups is 8. The van der Waals surface area contributed by atoms with E-state index in [0.717, 1.165) is 24.3 Å². The van der Waals surface area contributed by atoms with Crippen LogP contribution in [-0.4, -0.2) is 153 Å². The first-order valence-corrected chi connectivity index (χ1v) is 16.8. The molecule has 3 aromatic rings. The molecule has 2 aromatic carbocycles. The van der Waals surface area contributed by atoms with Gasteiger partial charge in [-0.15, -0.1) is 0 Å². The van der Waals surface area contributed by atoms with Crippen molar-refractivity contribution in [3.63, 3.8) is 0 Å². The van der Waals surface area contributed by atoms with Crippen LogP contribution in [0.15, 0.2) is 39.5 Å². The average molecular weight is 793 g/mol. The summed E-state index contributed by atoms with van der Waals surface area (Å²) in [6, 6.07) is 5.38. The minimum Gasteiger partial charge on any atom is -0.507 e. The van der Waals surface area contributed by atoms with Crippen molar-refractivity contribution < 1.29 is 99.0 Å². The van der Waals surface area contributed by atoms with E-state index in [0.29, 0.717) is 0 Å². The zero-order valence-electron chi connectivity index (χ0n) is 28.7. The van der Waals surface area contributed by atoms with E-state index in [4.69, 9.17) is 28.1 Å². The molecule has 3 aliphatic rings. The summed E-state index contributed by atoms with van der Waals surface area (Å²) in [5, 5.41) is 124. The number of carbonyl (C=O) groups is 2. The van der Waals surface area contributed by atoms with Gasteiger partial charge in [-0.05, 0) is 30.9 Å². The second-order valence-electron chi connectivity index (χ2n) is 13.1. The lowest BCUT2D eigenvalue weighted by Crippen LogP contribution is -2.75. The van der Waals surface area contributed by atoms with E-state index >= 15 is 0 Å². The van der Waals surface area contributed by atoms with Gasteiger partial charge in [0.1, 0.15) is 58.7 Å². The summed E-state index contributed by atoms with van der Waals surface area (Å²) in [7, 11) is 0. The molecule has 1 aromatic heterocycles. The van der Waals surface area contributed by atoms with Gasteiger partial charge in [-0.2, -0.15) is 0 Å². The Morgan fingerprint density at radius 3 is 2.32 bits per heavy atom. The van der Waals surface area contributed by atoms with E-state index in [2.05, 4.69) is 5.92 Å². The van der Waals surface area contributed by atoms with E-state index in [1.165, 1.54) is 6.07 Å². The van der Waals surface area contributed by atoms with Gasteiger partial charge in [0.05, 0.1) is 6.42 Å². The molecule has 1 spiro atoms. The number of phenolic OH excluding ortho intramolecular Hbond substituents is 3. The van der Waals surface area contributed by atoms with Crippen LogP contribution in [0.5, 0.6) is 23.0 Å². The molecule has 6 rings (SSSR count). The fourth-order valence-corrected chi connectivity index (χ4v) is 6.53. The monoisotopic (exact) mass is 792 g/mol. The van der Waals surface area contributed by atoms with Crippen molar-refractivity contribution in [2.75, 3.05) is 19.8 Å². The lowest BCUT2D eigenvalue weighted by Gasteiger charge is -2.49. The number of benzene rings is 2. The number of hydrogen-bond acceptors (Lipinski definition) is 20. The number of aliphatic hydroxyl groups excluding tert-OH is 6. The maximum absolute atomic E-state index is 13.9. The van der Waals surface area contributed by atoms with Crippen LogP contribution in [0.4, 0.5) is 0 Å². The normalized spacial score (nSPS) is 31.1. The average Bonchev–Trinajstić information content (AvgIpc) is 3.19. The molecule has 0 unspecified atom stereocenters. The van der Waals surface area contributed by atoms with Crippen LogP contribution in [-0.2, 0) is 35.0 Å². The van der Waals surface area contributed by atoms with Crippen molar-refractivity contribution in [1.29, 1.82) is 0 Å². The van der Waals surface area contributed by atoms with E-state index in [9.17, 15) is 75.7 Å². The van der Waals surface area contributed by atoms with Crippen molar-refractivity contribution in [2.45, 2.75) is 79.4 Å². The van der Waals surface area contributed by atoms with Crippen LogP contribution >= 0.6 is 0 Å². The number of aromatic hydroxyl groups is 3. The van der Waals surface area contributed by atoms with Crippen molar-refractivity contribution in [1.82, 2.24) is 0 Å². The molecule has 56 heavy (non-hydrogen) atoms. The Balaban J connectivity index is 1.43. The summed E-state index contributed by atoms with van der Waals surface area (Å²) in [6.45, 7) is -1.07. The third-order valence-corrected chi connectivity index (χ3v) is 9.53. The Morgan fingerprint density at radius 2 is 1.64 bits per heavy atom. The molecule has 21 heteroatoms. The van der Waals surface area contributed by atoms with Gasteiger partial charge in [-0.1, -0.05) is 5.92 Å². The first kappa shape index (κ1) is 40.6. The highest BCUT2D eigenvalue weighted by Gasteiger charge is 2.70. The molecule has 0 saturated carbocycles. The summed E-state index contributed by atoms with van der Waals surface area (Å²) in [5.74, 6) is -6.02. The topological polar surface area (TPSA) is 353 Å². The first-order valence-electron chi connectivity index (χ1n) is 16.8. The van der Waals surface area contributed by atoms with Gasteiger partial charge < -0.3 is 89.4 Å². The highest BCUT2D eigenvalue weighted by atomic mass is 16.8. The molecular weight excluding hydrogens is 756 g/mol. The van der Waals surface area contributed by atoms with Gasteiger partial charge in [-0.3, -0.25) is 4.79 Å². The fourth-order valence-electron chi connectivity index (χ4n) is 6.53. The van der Waals surface area contributed by atoms with Crippen molar-refractivity contribution in [3.8, 4) is 46.2 Å². The summed E-state index contributed by atoms with van der Waals surface area (Å²) in [6.07, 6.45) is -17.2. The summed E-state index contributed by atoms with van der Waals surface area (Å²) < 4.78 is 33.5. The maximum atomic E-state index is 13.9. The first-order chi connectivity index (χ1) is 26.4. The van der Waals surface area contributed by atoms with Gasteiger partial charge in [0.15, 0.2) is 16.9 Å². The molecule has 0 radical (unpaired) electrons. The Hall–Kier alpha value is -5.09. The van der Waals surface area contributed by atoms with Gasteiger partial charge in [0.2, 0.25) is 24.0 Å². The van der Waals surface area contributed by atoms with Crippen LogP contribution in [0.2, 0.25) is 0 Å². The third-order valence-electron chi connectivity index (χ3n) is 9.53. The molecular formula is C35H36O21. The van der Waals surface area contributed by atoms with Crippen LogP contribution in [0, 0.1) is 11.8 Å². The van der Waals surface area contributed by atoms with Crippen molar-refractivity contribution in [2.24, 2.45) is 0 Å². The number of carbonyl (C=O) groups excluding carboxylic acids is 1. The zero-order chi connectivity index (χ0) is 40.9. The van der Waals surface area contributed by atoms with Crippen LogP contribution < -0.4 is 10.2 Å². The molecule has 9 atom stereocenters. The van der Waals surface area contributed by atoms with Gasteiger partial charge in [0.25, 0.3) is 5.60 Å². The van der Waals surface area contributed by atoms with Crippen LogP contribution in [0.1, 0.15) is 18.4 Å². The molecule has 2 fully saturated rings. The van der Waals surface area contributed by atoms with Gasteiger partial charge >= 0.3 is 11.9 Å². The number of aliphatic carboxylic acids is 1. The molecule has 0 aliphatic carbocycles. The van der Waals surface area contributed by atoms with Gasteiger partial charge in [-0.25, -0.2) is 9.59 Å². The molecule has 3 aliphatic heterocycles. The predicted molar refractivity (Wildman–Crippen MR) is 178 cm³/mol. The molecule has 2 saturated heterocycles. The number of carboxylic acids is 1. The highest BCUT2D eigenvalue weighted by Crippen LogP contribution is 2.43. The quantitative estimate of drug-likeness (QED) is 0.0313. The number of carboxylic acid groups (broad SMARTS) is 1. The minimum atomic E-state index is -3.80. The molecule has 2 bridgehead atoms. The summed E-state index contributed by atoms with van der Waals surface area (Å²) in [4.78, 5) is 39.3. The number of ether oxygens (including phenoxy) is 5. The van der Waals surface area contributed by atoms with E-state index in [-0.39, 0.29) is 59.7 Å². The van der Waals surface area contributed by atoms with Crippen LogP contribution in [0.25, 0.3) is 22.3 Å². The lowest BCUT2D eigenvalue weighted by atomic mass is 9.82. The Labute approximate surface area is 313 Å². The largest absolute Gasteiger partial charge is 0.507 e. The second kappa shape index (κ2) is 15.1. The van der Waals surface area contributed by atoms with Crippen molar-refractivity contribution in [3.05, 3.63) is 46.1 Å². The number of fused-ring (bicyclic) bond motifs is 3. The number of rotatable bonds is 10. The van der Waals surface area contributed by atoms with E-state index < -0.39 is 108 Å². The van der Waals surface area contributed by atoms with E-state index in [1.54, 1.807) is 0 Å². The van der Waals surface area contributed by atoms with E-state index in [1.807, 2.05) is 5.92 Å². The molecule has 21 nitrogen and oxygen atoms in total. The predicted octanol–water partition coefficient (Wildman–Crippen LogP) is -3.39. The SMILES string of the molecule is O=C(O)[C@]12C#CC[C@@]3(O[C@@H](Oc4cc(O)c5c(=O)cc(-c6cc(O)c(O)c(CCO)c6)oc5c4)[C@H](OCCCO)[C@@H](O)[C@@H]3O)C(=O)O[C@@H](O1)[C@H](O)[C@@H](O)C2(O)O. The molecule has 4 heterocycles. The minimum absolute atomic E-state index is 0.0111. The number of phenols is 3. The van der Waals surface area contributed by atoms with Crippen molar-refractivity contribution >= 4 is 22.9 Å². The third kappa shape index (κ3) is 6.65. The maximum Gasteiger partial charge on any atom is 0.354 e.